The van der Waals surface area contributed by atoms with Crippen molar-refractivity contribution in [3.05, 3.63) is 55.4 Å². The SMILES string of the molecule is Cc1[nH][nH]c(=O)c1CCC(=O)NN=Cc1ccc(Cl)cc1Cl. The molecule has 1 amide bonds. The van der Waals surface area contributed by atoms with E-state index >= 15 is 0 Å². The molecule has 0 spiro atoms. The van der Waals surface area contributed by atoms with Crippen LogP contribution in [0.25, 0.3) is 0 Å². The van der Waals surface area contributed by atoms with Crippen LogP contribution in [0, 0.1) is 6.92 Å². The monoisotopic (exact) mass is 340 g/mol. The highest BCUT2D eigenvalue weighted by atomic mass is 35.5. The Hall–Kier alpha value is -2.05. The summed E-state index contributed by atoms with van der Waals surface area (Å²) in [5.41, 5.74) is 4.13. The fraction of sp³-hybridized carbons (Fsp3) is 0.214. The Morgan fingerprint density at radius 3 is 2.77 bits per heavy atom. The largest absolute Gasteiger partial charge is 0.302 e. The van der Waals surface area contributed by atoms with Crippen molar-refractivity contribution < 1.29 is 4.79 Å². The summed E-state index contributed by atoms with van der Waals surface area (Å²) in [6.45, 7) is 1.77. The summed E-state index contributed by atoms with van der Waals surface area (Å²) in [6, 6.07) is 4.97. The van der Waals surface area contributed by atoms with Crippen LogP contribution in [-0.4, -0.2) is 22.3 Å². The first-order valence-electron chi connectivity index (χ1n) is 6.50. The van der Waals surface area contributed by atoms with Crippen molar-refractivity contribution in [3.8, 4) is 0 Å². The van der Waals surface area contributed by atoms with E-state index in [9.17, 15) is 9.59 Å². The van der Waals surface area contributed by atoms with Gasteiger partial charge in [-0.2, -0.15) is 5.10 Å². The molecular weight excluding hydrogens is 327 g/mol. The van der Waals surface area contributed by atoms with E-state index in [0.717, 1.165) is 5.69 Å². The van der Waals surface area contributed by atoms with Crippen molar-refractivity contribution in [2.75, 3.05) is 0 Å². The standard InChI is InChI=1S/C14H14Cl2N4O2/c1-8-11(14(22)20-18-8)4-5-13(21)19-17-7-9-2-3-10(15)6-12(9)16/h2-3,6-7H,4-5H2,1H3,(H,19,21)(H2,18,20,22). The molecule has 2 rings (SSSR count). The second kappa shape index (κ2) is 7.29. The van der Waals surface area contributed by atoms with Gasteiger partial charge < -0.3 is 5.10 Å². The maximum Gasteiger partial charge on any atom is 0.267 e. The number of hydrogen-bond acceptors (Lipinski definition) is 3. The van der Waals surface area contributed by atoms with E-state index in [4.69, 9.17) is 23.2 Å². The Morgan fingerprint density at radius 2 is 2.14 bits per heavy atom. The third-order valence-electron chi connectivity index (χ3n) is 3.05. The number of rotatable bonds is 5. The second-order valence-corrected chi connectivity index (χ2v) is 5.49. The maximum absolute atomic E-state index is 11.7. The van der Waals surface area contributed by atoms with E-state index in [1.165, 1.54) is 6.21 Å². The molecule has 1 aromatic carbocycles. The Labute approximate surface area is 136 Å². The molecule has 6 nitrogen and oxygen atoms in total. The molecule has 0 fully saturated rings. The maximum atomic E-state index is 11.7. The van der Waals surface area contributed by atoms with Gasteiger partial charge in [-0.15, -0.1) is 0 Å². The zero-order valence-corrected chi connectivity index (χ0v) is 13.3. The Bertz CT molecular complexity index is 764. The minimum absolute atomic E-state index is 0.160. The highest BCUT2D eigenvalue weighted by Gasteiger charge is 2.08. The highest BCUT2D eigenvalue weighted by Crippen LogP contribution is 2.19. The molecular formula is C14H14Cl2N4O2. The molecule has 0 aliphatic rings. The van der Waals surface area contributed by atoms with Crippen LogP contribution in [0.1, 0.15) is 23.2 Å². The molecule has 0 atom stereocenters. The van der Waals surface area contributed by atoms with Crippen LogP contribution in [0.15, 0.2) is 28.1 Å². The average Bonchev–Trinajstić information content (AvgIpc) is 2.78. The smallest absolute Gasteiger partial charge is 0.267 e. The molecule has 22 heavy (non-hydrogen) atoms. The topological polar surface area (TPSA) is 90.1 Å². The number of aromatic nitrogens is 2. The lowest BCUT2D eigenvalue weighted by atomic mass is 10.1. The van der Waals surface area contributed by atoms with Gasteiger partial charge in [-0.05, 0) is 25.5 Å². The van der Waals surface area contributed by atoms with Crippen molar-refractivity contribution >= 4 is 35.3 Å². The van der Waals surface area contributed by atoms with E-state index in [1.54, 1.807) is 25.1 Å². The molecule has 2 aromatic rings. The zero-order chi connectivity index (χ0) is 16.1. The highest BCUT2D eigenvalue weighted by molar-refractivity contribution is 6.36. The summed E-state index contributed by atoms with van der Waals surface area (Å²) < 4.78 is 0. The first kappa shape index (κ1) is 16.3. The second-order valence-electron chi connectivity index (χ2n) is 4.64. The Balaban J connectivity index is 1.87. The van der Waals surface area contributed by atoms with Gasteiger partial charge in [0, 0.05) is 28.3 Å². The number of hydrazone groups is 1. The van der Waals surface area contributed by atoms with Gasteiger partial charge in [-0.1, -0.05) is 29.3 Å². The number of carbonyl (C=O) groups excluding carboxylic acids is 1. The van der Waals surface area contributed by atoms with Crippen LogP contribution in [0.4, 0.5) is 0 Å². The van der Waals surface area contributed by atoms with E-state index in [-0.39, 0.29) is 17.9 Å². The quantitative estimate of drug-likeness (QED) is 0.576. The van der Waals surface area contributed by atoms with E-state index in [1.807, 2.05) is 0 Å². The molecule has 0 saturated carbocycles. The summed E-state index contributed by atoms with van der Waals surface area (Å²) in [7, 11) is 0. The molecule has 1 heterocycles. The summed E-state index contributed by atoms with van der Waals surface area (Å²) in [5, 5.41) is 9.98. The number of aryl methyl sites for hydroxylation is 1. The minimum Gasteiger partial charge on any atom is -0.302 e. The van der Waals surface area contributed by atoms with Gasteiger partial charge in [0.05, 0.1) is 11.2 Å². The van der Waals surface area contributed by atoms with Gasteiger partial charge in [0.1, 0.15) is 0 Å². The van der Waals surface area contributed by atoms with Crippen molar-refractivity contribution in [2.24, 2.45) is 5.10 Å². The lowest BCUT2D eigenvalue weighted by Crippen LogP contribution is -2.19. The predicted octanol–water partition coefficient (Wildman–Crippen LogP) is 2.40. The third-order valence-corrected chi connectivity index (χ3v) is 3.61. The minimum atomic E-state index is -0.290. The van der Waals surface area contributed by atoms with Crippen LogP contribution in [0.2, 0.25) is 10.0 Å². The van der Waals surface area contributed by atoms with Crippen LogP contribution in [0.3, 0.4) is 0 Å². The molecule has 0 aliphatic carbocycles. The van der Waals surface area contributed by atoms with Crippen LogP contribution >= 0.6 is 23.2 Å². The first-order valence-corrected chi connectivity index (χ1v) is 7.26. The molecule has 8 heteroatoms. The molecule has 0 aliphatic heterocycles. The van der Waals surface area contributed by atoms with Gasteiger partial charge in [0.2, 0.25) is 5.91 Å². The van der Waals surface area contributed by atoms with E-state index in [2.05, 4.69) is 20.7 Å². The number of aromatic amines is 2. The zero-order valence-electron chi connectivity index (χ0n) is 11.7. The molecule has 3 N–H and O–H groups in total. The fourth-order valence-electron chi connectivity index (χ4n) is 1.85. The summed E-state index contributed by atoms with van der Waals surface area (Å²) >= 11 is 11.8. The summed E-state index contributed by atoms with van der Waals surface area (Å²) in [6.07, 6.45) is 1.94. The number of amides is 1. The predicted molar refractivity (Wildman–Crippen MR) is 86.7 cm³/mol. The number of hydrogen-bond donors (Lipinski definition) is 3. The lowest BCUT2D eigenvalue weighted by Gasteiger charge is -2.00. The third kappa shape index (κ3) is 4.22. The number of H-pyrrole nitrogens is 2. The summed E-state index contributed by atoms with van der Waals surface area (Å²) in [4.78, 5) is 23.1. The number of benzene rings is 1. The van der Waals surface area contributed by atoms with Gasteiger partial charge in [-0.3, -0.25) is 14.7 Å². The van der Waals surface area contributed by atoms with Gasteiger partial charge >= 0.3 is 0 Å². The molecule has 0 unspecified atom stereocenters. The average molecular weight is 341 g/mol. The Morgan fingerprint density at radius 1 is 1.36 bits per heavy atom. The normalized spacial score (nSPS) is 11.0. The van der Waals surface area contributed by atoms with Gasteiger partial charge in [0.25, 0.3) is 5.56 Å². The van der Waals surface area contributed by atoms with E-state index < -0.39 is 0 Å². The van der Waals surface area contributed by atoms with Crippen molar-refractivity contribution in [3.63, 3.8) is 0 Å². The van der Waals surface area contributed by atoms with Gasteiger partial charge in [0.15, 0.2) is 0 Å². The van der Waals surface area contributed by atoms with Crippen molar-refractivity contribution in [1.29, 1.82) is 0 Å². The van der Waals surface area contributed by atoms with Crippen LogP contribution < -0.4 is 11.0 Å². The molecule has 1 aromatic heterocycles. The van der Waals surface area contributed by atoms with Crippen molar-refractivity contribution in [2.45, 2.75) is 19.8 Å². The number of carbonyl (C=O) groups is 1. The fourth-order valence-corrected chi connectivity index (χ4v) is 2.30. The van der Waals surface area contributed by atoms with Crippen molar-refractivity contribution in [1.82, 2.24) is 15.6 Å². The molecule has 116 valence electrons. The number of nitrogens with one attached hydrogen (secondary N) is 3. The number of halogens is 2. The molecule has 0 saturated heterocycles. The first-order chi connectivity index (χ1) is 10.5. The Kier molecular flexibility index (Phi) is 5.41. The lowest BCUT2D eigenvalue weighted by molar-refractivity contribution is -0.121. The number of nitrogens with zero attached hydrogens (tertiary/aromatic N) is 1. The van der Waals surface area contributed by atoms with E-state index in [0.29, 0.717) is 27.6 Å². The molecule has 0 bridgehead atoms. The van der Waals surface area contributed by atoms with Crippen LogP contribution in [0.5, 0.6) is 0 Å². The van der Waals surface area contributed by atoms with Gasteiger partial charge in [-0.25, -0.2) is 5.43 Å². The summed E-state index contributed by atoms with van der Waals surface area (Å²) in [5.74, 6) is -0.290. The van der Waals surface area contributed by atoms with Crippen LogP contribution in [-0.2, 0) is 11.2 Å². The molecule has 0 radical (unpaired) electrons.